The minimum atomic E-state index is -0.339. The molecule has 0 aliphatic heterocycles. The van der Waals surface area contributed by atoms with Gasteiger partial charge in [-0.1, -0.05) is 29.8 Å². The van der Waals surface area contributed by atoms with Crippen LogP contribution in [-0.4, -0.2) is 16.5 Å². The molecule has 0 spiro atoms. The minimum Gasteiger partial charge on any atom is -0.364 e. The molecule has 1 aromatic carbocycles. The van der Waals surface area contributed by atoms with Crippen LogP contribution >= 0.6 is 11.6 Å². The van der Waals surface area contributed by atoms with Gasteiger partial charge in [-0.3, -0.25) is 10.1 Å². The van der Waals surface area contributed by atoms with E-state index in [4.69, 9.17) is 11.6 Å². The summed E-state index contributed by atoms with van der Waals surface area (Å²) in [5.41, 5.74) is 1.57. The standard InChI is InChI=1S/C12H11ClN2O2/c13-11-5-2-1-4-9(11)10(8-15(16)17)12-6-3-7-14-12/h1-7,10,14H,8H2/t10-/m0/s1. The van der Waals surface area contributed by atoms with Gasteiger partial charge in [-0.2, -0.15) is 0 Å². The molecule has 0 saturated carbocycles. The van der Waals surface area contributed by atoms with Crippen LogP contribution in [0.25, 0.3) is 0 Å². The number of nitrogens with one attached hydrogen (secondary N) is 1. The van der Waals surface area contributed by atoms with Gasteiger partial charge in [0.1, 0.15) is 0 Å². The number of halogens is 1. The fourth-order valence-electron chi connectivity index (χ4n) is 1.83. The SMILES string of the molecule is O=[N+]([O-])C[C@H](c1ccc[nH]1)c1ccccc1Cl. The highest BCUT2D eigenvalue weighted by atomic mass is 35.5. The summed E-state index contributed by atoms with van der Waals surface area (Å²) in [5, 5.41) is 11.3. The number of nitro groups is 1. The second-order valence-electron chi connectivity index (χ2n) is 3.71. The van der Waals surface area contributed by atoms with Gasteiger partial charge in [0.2, 0.25) is 6.54 Å². The van der Waals surface area contributed by atoms with Gasteiger partial charge in [-0.05, 0) is 23.8 Å². The van der Waals surface area contributed by atoms with E-state index in [9.17, 15) is 10.1 Å². The Hall–Kier alpha value is -1.81. The molecule has 0 amide bonds. The van der Waals surface area contributed by atoms with E-state index >= 15 is 0 Å². The molecule has 0 unspecified atom stereocenters. The topological polar surface area (TPSA) is 58.9 Å². The molecular formula is C12H11ClN2O2. The lowest BCUT2D eigenvalue weighted by Crippen LogP contribution is -2.14. The summed E-state index contributed by atoms with van der Waals surface area (Å²) >= 11 is 6.08. The number of hydrogen-bond donors (Lipinski definition) is 1. The van der Waals surface area contributed by atoms with Crippen LogP contribution in [0.4, 0.5) is 0 Å². The highest BCUT2D eigenvalue weighted by molar-refractivity contribution is 6.31. The lowest BCUT2D eigenvalue weighted by Gasteiger charge is -2.13. The average Bonchev–Trinajstić information content (AvgIpc) is 2.80. The van der Waals surface area contributed by atoms with Crippen molar-refractivity contribution in [2.75, 3.05) is 6.54 Å². The summed E-state index contributed by atoms with van der Waals surface area (Å²) in [4.78, 5) is 13.4. The van der Waals surface area contributed by atoms with Gasteiger partial charge in [0.25, 0.3) is 0 Å². The summed E-state index contributed by atoms with van der Waals surface area (Å²) in [7, 11) is 0. The molecule has 0 radical (unpaired) electrons. The van der Waals surface area contributed by atoms with E-state index in [1.807, 2.05) is 30.3 Å². The van der Waals surface area contributed by atoms with Crippen LogP contribution in [0.3, 0.4) is 0 Å². The Bertz CT molecular complexity index is 511. The Labute approximate surface area is 103 Å². The number of hydrogen-bond acceptors (Lipinski definition) is 2. The molecule has 1 atom stereocenters. The quantitative estimate of drug-likeness (QED) is 0.670. The molecule has 1 N–H and O–H groups in total. The third kappa shape index (κ3) is 2.65. The Balaban J connectivity index is 2.41. The normalized spacial score (nSPS) is 12.3. The van der Waals surface area contributed by atoms with E-state index in [-0.39, 0.29) is 17.4 Å². The fourth-order valence-corrected chi connectivity index (χ4v) is 2.10. The van der Waals surface area contributed by atoms with Gasteiger partial charge in [-0.15, -0.1) is 0 Å². The van der Waals surface area contributed by atoms with Crippen LogP contribution in [0.1, 0.15) is 17.2 Å². The molecule has 0 saturated heterocycles. The lowest BCUT2D eigenvalue weighted by molar-refractivity contribution is -0.481. The molecule has 0 aliphatic rings. The zero-order valence-corrected chi connectivity index (χ0v) is 9.72. The number of aromatic nitrogens is 1. The van der Waals surface area contributed by atoms with Crippen molar-refractivity contribution in [3.05, 3.63) is 69.0 Å². The third-order valence-electron chi connectivity index (χ3n) is 2.61. The van der Waals surface area contributed by atoms with Crippen LogP contribution in [0.15, 0.2) is 42.6 Å². The highest BCUT2D eigenvalue weighted by Gasteiger charge is 2.22. The van der Waals surface area contributed by atoms with E-state index in [1.165, 1.54) is 0 Å². The van der Waals surface area contributed by atoms with Crippen LogP contribution in [0, 0.1) is 10.1 Å². The number of H-pyrrole nitrogens is 1. The Morgan fingerprint density at radius 2 is 2.06 bits per heavy atom. The first kappa shape index (κ1) is 11.7. The van der Waals surface area contributed by atoms with Crippen LogP contribution in [0.2, 0.25) is 5.02 Å². The van der Waals surface area contributed by atoms with Gasteiger partial charge in [-0.25, -0.2) is 0 Å². The third-order valence-corrected chi connectivity index (χ3v) is 2.95. The van der Waals surface area contributed by atoms with Gasteiger partial charge >= 0.3 is 0 Å². The fraction of sp³-hybridized carbons (Fsp3) is 0.167. The molecule has 1 heterocycles. The molecule has 4 nitrogen and oxygen atoms in total. The van der Waals surface area contributed by atoms with Crippen molar-refractivity contribution in [1.29, 1.82) is 0 Å². The first-order valence-electron chi connectivity index (χ1n) is 5.18. The summed E-state index contributed by atoms with van der Waals surface area (Å²) in [6, 6.07) is 10.8. The predicted molar refractivity (Wildman–Crippen MR) is 65.9 cm³/mol. The summed E-state index contributed by atoms with van der Waals surface area (Å²) in [6.45, 7) is -0.176. The van der Waals surface area contributed by atoms with Crippen molar-refractivity contribution in [1.82, 2.24) is 4.98 Å². The zero-order valence-electron chi connectivity index (χ0n) is 8.97. The molecule has 0 aliphatic carbocycles. The second kappa shape index (κ2) is 5.01. The van der Waals surface area contributed by atoms with Crippen molar-refractivity contribution in [2.24, 2.45) is 0 Å². The molecule has 5 heteroatoms. The minimum absolute atomic E-state index is 0.176. The predicted octanol–water partition coefficient (Wildman–Crippen LogP) is 3.08. The molecule has 0 fully saturated rings. The van der Waals surface area contributed by atoms with E-state index in [2.05, 4.69) is 4.98 Å². The van der Waals surface area contributed by atoms with E-state index in [1.54, 1.807) is 12.3 Å². The molecule has 0 bridgehead atoms. The van der Waals surface area contributed by atoms with Gasteiger partial charge in [0, 0.05) is 21.8 Å². The maximum atomic E-state index is 10.7. The van der Waals surface area contributed by atoms with E-state index in [0.29, 0.717) is 5.02 Å². The molecule has 2 aromatic rings. The van der Waals surface area contributed by atoms with Crippen LogP contribution in [-0.2, 0) is 0 Å². The summed E-state index contributed by atoms with van der Waals surface area (Å²) in [6.07, 6.45) is 1.75. The molecule has 2 rings (SSSR count). The van der Waals surface area contributed by atoms with Crippen molar-refractivity contribution >= 4 is 11.6 Å². The number of benzene rings is 1. The van der Waals surface area contributed by atoms with Crippen molar-refractivity contribution < 1.29 is 4.92 Å². The summed E-state index contributed by atoms with van der Waals surface area (Å²) in [5.74, 6) is -0.339. The highest BCUT2D eigenvalue weighted by Crippen LogP contribution is 2.29. The lowest BCUT2D eigenvalue weighted by atomic mass is 9.96. The maximum Gasteiger partial charge on any atom is 0.216 e. The first-order chi connectivity index (χ1) is 8.18. The van der Waals surface area contributed by atoms with Crippen molar-refractivity contribution in [2.45, 2.75) is 5.92 Å². The molecule has 1 aromatic heterocycles. The van der Waals surface area contributed by atoms with E-state index < -0.39 is 0 Å². The summed E-state index contributed by atoms with van der Waals surface area (Å²) < 4.78 is 0. The van der Waals surface area contributed by atoms with Gasteiger partial charge in [0.15, 0.2) is 0 Å². The van der Waals surface area contributed by atoms with Gasteiger partial charge < -0.3 is 4.98 Å². The van der Waals surface area contributed by atoms with Gasteiger partial charge in [0.05, 0.1) is 5.92 Å². The molecule has 88 valence electrons. The molecule has 17 heavy (non-hydrogen) atoms. The zero-order chi connectivity index (χ0) is 12.3. The largest absolute Gasteiger partial charge is 0.364 e. The average molecular weight is 251 g/mol. The first-order valence-corrected chi connectivity index (χ1v) is 5.56. The number of rotatable bonds is 4. The van der Waals surface area contributed by atoms with Crippen molar-refractivity contribution in [3.8, 4) is 0 Å². The monoisotopic (exact) mass is 250 g/mol. The second-order valence-corrected chi connectivity index (χ2v) is 4.12. The smallest absolute Gasteiger partial charge is 0.216 e. The maximum absolute atomic E-state index is 10.7. The van der Waals surface area contributed by atoms with Crippen LogP contribution in [0.5, 0.6) is 0 Å². The Morgan fingerprint density at radius 3 is 2.65 bits per heavy atom. The number of aromatic amines is 1. The number of nitrogens with zero attached hydrogens (tertiary/aromatic N) is 1. The van der Waals surface area contributed by atoms with Crippen LogP contribution < -0.4 is 0 Å². The van der Waals surface area contributed by atoms with E-state index in [0.717, 1.165) is 11.3 Å². The van der Waals surface area contributed by atoms with Crippen molar-refractivity contribution in [3.63, 3.8) is 0 Å². The Morgan fingerprint density at radius 1 is 1.29 bits per heavy atom. The molecular weight excluding hydrogens is 240 g/mol. The Kier molecular flexibility index (Phi) is 3.44.